The second-order valence-electron chi connectivity index (χ2n) is 2.35. The van der Waals surface area contributed by atoms with Crippen molar-refractivity contribution >= 4 is 0 Å². The van der Waals surface area contributed by atoms with Crippen molar-refractivity contribution in [3.63, 3.8) is 0 Å². The minimum Gasteiger partial charge on any atom is -0.380 e. The maximum Gasteiger partial charge on any atom is 0.0657 e. The second kappa shape index (κ2) is 5.45. The summed E-state index contributed by atoms with van der Waals surface area (Å²) in [4.78, 5) is 0. The molecule has 0 aromatic heterocycles. The minimum absolute atomic E-state index is 0.306. The summed E-state index contributed by atoms with van der Waals surface area (Å²) in [5.41, 5.74) is 1.12. The summed E-state index contributed by atoms with van der Waals surface area (Å²) in [6, 6.07) is 0.306. The summed E-state index contributed by atoms with van der Waals surface area (Å²) in [5, 5.41) is 3.11. The highest BCUT2D eigenvalue weighted by atomic mass is 16.5. The normalized spacial score (nSPS) is 13.1. The average molecular weight is 143 g/mol. The molecule has 0 aliphatic heterocycles. The van der Waals surface area contributed by atoms with Crippen molar-refractivity contribution in [1.29, 1.82) is 0 Å². The first-order valence-electron chi connectivity index (χ1n) is 3.62. The Labute approximate surface area is 63.3 Å². The van der Waals surface area contributed by atoms with Gasteiger partial charge in [-0.15, -0.1) is 0 Å². The second-order valence-corrected chi connectivity index (χ2v) is 2.35. The van der Waals surface area contributed by atoms with Gasteiger partial charge in [0.25, 0.3) is 0 Å². The van der Waals surface area contributed by atoms with E-state index in [1.165, 1.54) is 0 Å². The van der Waals surface area contributed by atoms with Crippen LogP contribution < -0.4 is 5.32 Å². The van der Waals surface area contributed by atoms with Crippen LogP contribution in [0.3, 0.4) is 0 Å². The first kappa shape index (κ1) is 9.66. The lowest BCUT2D eigenvalue weighted by atomic mass is 10.2. The monoisotopic (exact) mass is 143 g/mol. The van der Waals surface area contributed by atoms with E-state index in [1.807, 2.05) is 20.9 Å². The highest BCUT2D eigenvalue weighted by Gasteiger charge is 2.04. The van der Waals surface area contributed by atoms with Crippen molar-refractivity contribution in [1.82, 2.24) is 5.32 Å². The van der Waals surface area contributed by atoms with Crippen LogP contribution in [-0.4, -0.2) is 26.3 Å². The molecule has 0 aromatic carbocycles. The van der Waals surface area contributed by atoms with E-state index < -0.39 is 0 Å². The zero-order valence-corrected chi connectivity index (χ0v) is 7.11. The van der Waals surface area contributed by atoms with Gasteiger partial charge in [0.05, 0.1) is 12.6 Å². The zero-order chi connectivity index (χ0) is 7.98. The van der Waals surface area contributed by atoms with Crippen LogP contribution >= 0.6 is 0 Å². The van der Waals surface area contributed by atoms with Crippen molar-refractivity contribution in [3.8, 4) is 0 Å². The van der Waals surface area contributed by atoms with Crippen molar-refractivity contribution in [3.05, 3.63) is 12.2 Å². The van der Waals surface area contributed by atoms with Gasteiger partial charge < -0.3 is 10.1 Å². The molecular weight excluding hydrogens is 126 g/mol. The first-order valence-corrected chi connectivity index (χ1v) is 3.62. The molecule has 10 heavy (non-hydrogen) atoms. The molecule has 0 aliphatic carbocycles. The van der Waals surface area contributed by atoms with Crippen LogP contribution in [0.15, 0.2) is 12.2 Å². The molecule has 1 N–H and O–H groups in total. The van der Waals surface area contributed by atoms with Gasteiger partial charge in [-0.1, -0.05) is 12.2 Å². The molecule has 2 nitrogen and oxygen atoms in total. The Hall–Kier alpha value is -0.340. The lowest BCUT2D eigenvalue weighted by molar-refractivity contribution is 0.133. The summed E-state index contributed by atoms with van der Waals surface area (Å²) in [5.74, 6) is 0. The predicted molar refractivity (Wildman–Crippen MR) is 44.2 cm³/mol. The van der Waals surface area contributed by atoms with E-state index in [-0.39, 0.29) is 0 Å². The molecular formula is C8H17NO. The molecule has 0 saturated carbocycles. The van der Waals surface area contributed by atoms with Crippen LogP contribution in [-0.2, 0) is 4.74 Å². The van der Waals surface area contributed by atoms with Gasteiger partial charge in [0.1, 0.15) is 0 Å². The van der Waals surface area contributed by atoms with Gasteiger partial charge in [-0.05, 0) is 20.9 Å². The van der Waals surface area contributed by atoms with Crippen LogP contribution in [0.25, 0.3) is 0 Å². The van der Waals surface area contributed by atoms with E-state index in [2.05, 4.69) is 11.9 Å². The molecule has 0 heterocycles. The Kier molecular flexibility index (Phi) is 5.26. The van der Waals surface area contributed by atoms with Crippen LogP contribution in [0.5, 0.6) is 0 Å². The molecule has 0 aromatic rings. The van der Waals surface area contributed by atoms with E-state index in [1.54, 1.807) is 0 Å². The fraction of sp³-hybridized carbons (Fsp3) is 0.750. The Morgan fingerprint density at radius 2 is 2.30 bits per heavy atom. The summed E-state index contributed by atoms with van der Waals surface area (Å²) in [6.45, 7) is 9.32. The van der Waals surface area contributed by atoms with Crippen LogP contribution in [0.1, 0.15) is 13.8 Å². The van der Waals surface area contributed by atoms with E-state index in [9.17, 15) is 0 Å². The van der Waals surface area contributed by atoms with Crippen LogP contribution in [0, 0.1) is 0 Å². The minimum atomic E-state index is 0.306. The molecule has 0 rings (SSSR count). The highest BCUT2D eigenvalue weighted by Crippen LogP contribution is 1.96. The van der Waals surface area contributed by atoms with Crippen LogP contribution in [0.4, 0.5) is 0 Å². The third-order valence-electron chi connectivity index (χ3n) is 1.43. The number of ether oxygens (including phenoxy) is 1. The van der Waals surface area contributed by atoms with Gasteiger partial charge in [-0.3, -0.25) is 0 Å². The smallest absolute Gasteiger partial charge is 0.0657 e. The highest BCUT2D eigenvalue weighted by molar-refractivity contribution is 5.00. The molecule has 1 unspecified atom stereocenters. The van der Waals surface area contributed by atoms with Gasteiger partial charge in [0.2, 0.25) is 0 Å². The molecule has 2 heteroatoms. The first-order chi connectivity index (χ1) is 4.72. The summed E-state index contributed by atoms with van der Waals surface area (Å²) in [6.07, 6.45) is 0. The zero-order valence-electron chi connectivity index (χ0n) is 7.11. The van der Waals surface area contributed by atoms with Gasteiger partial charge >= 0.3 is 0 Å². The van der Waals surface area contributed by atoms with Gasteiger partial charge in [-0.25, -0.2) is 0 Å². The third-order valence-corrected chi connectivity index (χ3v) is 1.43. The van der Waals surface area contributed by atoms with E-state index in [0.29, 0.717) is 6.04 Å². The SMILES string of the molecule is C=C(C)C(COCC)NC. The quantitative estimate of drug-likeness (QED) is 0.584. The maximum absolute atomic E-state index is 5.22. The van der Waals surface area contributed by atoms with E-state index in [0.717, 1.165) is 18.8 Å². The largest absolute Gasteiger partial charge is 0.380 e. The Balaban J connectivity index is 3.50. The lowest BCUT2D eigenvalue weighted by Gasteiger charge is -2.14. The van der Waals surface area contributed by atoms with Gasteiger partial charge in [0.15, 0.2) is 0 Å². The fourth-order valence-corrected chi connectivity index (χ4v) is 0.708. The molecule has 1 atom stereocenters. The molecule has 0 aliphatic rings. The number of likely N-dealkylation sites (N-methyl/N-ethyl adjacent to an activating group) is 1. The van der Waals surface area contributed by atoms with Crippen molar-refractivity contribution in [2.24, 2.45) is 0 Å². The number of hydrogen-bond donors (Lipinski definition) is 1. The maximum atomic E-state index is 5.22. The van der Waals surface area contributed by atoms with Crippen molar-refractivity contribution < 1.29 is 4.74 Å². The number of hydrogen-bond acceptors (Lipinski definition) is 2. The lowest BCUT2D eigenvalue weighted by Crippen LogP contribution is -2.31. The average Bonchev–Trinajstić information content (AvgIpc) is 1.89. The van der Waals surface area contributed by atoms with Gasteiger partial charge in [-0.2, -0.15) is 0 Å². The fourth-order valence-electron chi connectivity index (χ4n) is 0.708. The molecule has 0 amide bonds. The topological polar surface area (TPSA) is 21.3 Å². The molecule has 60 valence electrons. The Morgan fingerprint density at radius 3 is 2.60 bits per heavy atom. The van der Waals surface area contributed by atoms with Gasteiger partial charge in [0, 0.05) is 6.61 Å². The molecule has 0 bridgehead atoms. The standard InChI is InChI=1S/C8H17NO/c1-5-10-6-8(9-4)7(2)3/h8-9H,2,5-6H2,1,3-4H3. The van der Waals surface area contributed by atoms with E-state index >= 15 is 0 Å². The summed E-state index contributed by atoms with van der Waals surface area (Å²) < 4.78 is 5.22. The van der Waals surface area contributed by atoms with E-state index in [4.69, 9.17) is 4.74 Å². The van der Waals surface area contributed by atoms with Crippen molar-refractivity contribution in [2.75, 3.05) is 20.3 Å². The molecule has 0 radical (unpaired) electrons. The Bertz CT molecular complexity index is 101. The molecule has 0 fully saturated rings. The number of rotatable bonds is 5. The van der Waals surface area contributed by atoms with Crippen molar-refractivity contribution in [2.45, 2.75) is 19.9 Å². The Morgan fingerprint density at radius 1 is 1.70 bits per heavy atom. The summed E-state index contributed by atoms with van der Waals surface area (Å²) in [7, 11) is 1.92. The predicted octanol–water partition coefficient (Wildman–Crippen LogP) is 1.19. The number of nitrogens with one attached hydrogen (secondary N) is 1. The molecule has 0 spiro atoms. The summed E-state index contributed by atoms with van der Waals surface area (Å²) >= 11 is 0. The third kappa shape index (κ3) is 3.64. The van der Waals surface area contributed by atoms with Crippen LogP contribution in [0.2, 0.25) is 0 Å². The molecule has 0 saturated heterocycles.